The van der Waals surface area contributed by atoms with Crippen molar-refractivity contribution in [1.29, 1.82) is 0 Å². The Bertz CT molecular complexity index is 394. The fourth-order valence-corrected chi connectivity index (χ4v) is 3.62. The van der Waals surface area contributed by atoms with E-state index in [4.69, 9.17) is 10.5 Å². The number of rotatable bonds is 7. The van der Waals surface area contributed by atoms with Crippen molar-refractivity contribution in [3.63, 3.8) is 0 Å². The van der Waals surface area contributed by atoms with E-state index in [2.05, 4.69) is 15.2 Å². The minimum atomic E-state index is -0.205. The van der Waals surface area contributed by atoms with Gasteiger partial charge in [-0.2, -0.15) is 0 Å². The Morgan fingerprint density at radius 3 is 2.78 bits per heavy atom. The lowest BCUT2D eigenvalue weighted by molar-refractivity contribution is -0.119. The molecule has 2 fully saturated rings. The van der Waals surface area contributed by atoms with Gasteiger partial charge in [-0.3, -0.25) is 9.79 Å². The number of nitrogens with zero attached hydrogens (tertiary/aromatic N) is 2. The molecular weight excluding hydrogens is 292 g/mol. The van der Waals surface area contributed by atoms with Crippen LogP contribution >= 0.6 is 0 Å². The van der Waals surface area contributed by atoms with Crippen LogP contribution in [0.15, 0.2) is 4.99 Å². The number of aliphatic imine (C=N–C) groups is 1. The van der Waals surface area contributed by atoms with E-state index in [0.717, 1.165) is 51.5 Å². The van der Waals surface area contributed by atoms with Crippen LogP contribution in [0.4, 0.5) is 0 Å². The summed E-state index contributed by atoms with van der Waals surface area (Å²) in [6.07, 6.45) is 9.21. The number of nitrogens with two attached hydrogens (primary N) is 1. The second-order valence-electron chi connectivity index (χ2n) is 6.73. The van der Waals surface area contributed by atoms with E-state index < -0.39 is 0 Å². The number of carbonyl (C=O) groups excluding carboxylic acids is 1. The smallest absolute Gasteiger partial charge is 0.217 e. The molecular formula is C17H32N4O2. The second-order valence-corrected chi connectivity index (χ2v) is 6.73. The van der Waals surface area contributed by atoms with Gasteiger partial charge in [0.15, 0.2) is 5.96 Å². The molecule has 0 bridgehead atoms. The van der Waals surface area contributed by atoms with Gasteiger partial charge in [0.25, 0.3) is 0 Å². The van der Waals surface area contributed by atoms with Crippen LogP contribution in [0, 0.1) is 5.92 Å². The Kier molecular flexibility index (Phi) is 7.65. The minimum absolute atomic E-state index is 0.205. The normalized spacial score (nSPS) is 23.3. The predicted molar refractivity (Wildman–Crippen MR) is 92.3 cm³/mol. The average molecular weight is 324 g/mol. The molecule has 0 aromatic carbocycles. The molecule has 1 atom stereocenters. The number of hydrogen-bond donors (Lipinski definition) is 2. The Hall–Kier alpha value is -1.30. The molecule has 6 nitrogen and oxygen atoms in total. The Balaban J connectivity index is 1.64. The summed E-state index contributed by atoms with van der Waals surface area (Å²) in [6, 6.07) is 0. The first-order valence-corrected chi connectivity index (χ1v) is 9.04. The molecule has 0 radical (unpaired) electrons. The van der Waals surface area contributed by atoms with E-state index in [1.165, 1.54) is 25.7 Å². The third-order valence-electron chi connectivity index (χ3n) is 4.78. The van der Waals surface area contributed by atoms with Crippen molar-refractivity contribution in [3.05, 3.63) is 0 Å². The van der Waals surface area contributed by atoms with E-state index in [-0.39, 0.29) is 5.91 Å². The van der Waals surface area contributed by atoms with E-state index in [1.54, 1.807) is 0 Å². The lowest BCUT2D eigenvalue weighted by Crippen LogP contribution is -2.47. The van der Waals surface area contributed by atoms with Crippen LogP contribution in [0.2, 0.25) is 0 Å². The first kappa shape index (κ1) is 18.0. The highest BCUT2D eigenvalue weighted by molar-refractivity contribution is 5.80. The van der Waals surface area contributed by atoms with Crippen LogP contribution < -0.4 is 11.1 Å². The van der Waals surface area contributed by atoms with Crippen LogP contribution in [0.5, 0.6) is 0 Å². The van der Waals surface area contributed by atoms with Gasteiger partial charge in [-0.05, 0) is 38.0 Å². The van der Waals surface area contributed by atoms with Gasteiger partial charge in [0.1, 0.15) is 0 Å². The summed E-state index contributed by atoms with van der Waals surface area (Å²) in [5, 5.41) is 3.42. The molecule has 0 spiro atoms. The number of amides is 1. The zero-order chi connectivity index (χ0) is 16.5. The van der Waals surface area contributed by atoms with Crippen LogP contribution in [-0.4, -0.2) is 56.2 Å². The Morgan fingerprint density at radius 2 is 2.09 bits per heavy atom. The van der Waals surface area contributed by atoms with Crippen molar-refractivity contribution < 1.29 is 9.53 Å². The average Bonchev–Trinajstić information content (AvgIpc) is 3.04. The molecule has 2 aliphatic rings. The SMILES string of the molecule is CN=C(NCCCOC1CCCC1)N1CCCC(CC(N)=O)C1. The fourth-order valence-electron chi connectivity index (χ4n) is 3.62. The highest BCUT2D eigenvalue weighted by atomic mass is 16.5. The molecule has 0 aromatic rings. The number of ether oxygens (including phenoxy) is 1. The number of hydrogen-bond acceptors (Lipinski definition) is 3. The second kappa shape index (κ2) is 9.75. The van der Waals surface area contributed by atoms with Crippen molar-refractivity contribution in [2.24, 2.45) is 16.6 Å². The van der Waals surface area contributed by atoms with Crippen LogP contribution in [0.25, 0.3) is 0 Å². The molecule has 3 N–H and O–H groups in total. The number of piperidine rings is 1. The van der Waals surface area contributed by atoms with Gasteiger partial charge in [0.05, 0.1) is 6.10 Å². The first-order chi connectivity index (χ1) is 11.2. The predicted octanol–water partition coefficient (Wildman–Crippen LogP) is 1.50. The number of guanidine groups is 1. The summed E-state index contributed by atoms with van der Waals surface area (Å²) >= 11 is 0. The van der Waals surface area contributed by atoms with Gasteiger partial charge in [-0.1, -0.05) is 12.8 Å². The first-order valence-electron chi connectivity index (χ1n) is 9.04. The Morgan fingerprint density at radius 1 is 1.30 bits per heavy atom. The lowest BCUT2D eigenvalue weighted by Gasteiger charge is -2.34. The quantitative estimate of drug-likeness (QED) is 0.422. The lowest BCUT2D eigenvalue weighted by atomic mass is 9.95. The number of likely N-dealkylation sites (tertiary alicyclic amines) is 1. The van der Waals surface area contributed by atoms with Crippen LogP contribution in [0.1, 0.15) is 51.4 Å². The standard InChI is InChI=1S/C17H32N4O2/c1-19-17(20-9-5-11-23-15-7-2-3-8-15)21-10-4-6-14(13-21)12-16(18)22/h14-15H,2-13H2,1H3,(H2,18,22)(H,19,20). The van der Waals surface area contributed by atoms with Gasteiger partial charge in [-0.15, -0.1) is 0 Å². The van der Waals surface area contributed by atoms with E-state index in [9.17, 15) is 4.79 Å². The Labute approximate surface area is 139 Å². The maximum absolute atomic E-state index is 11.1. The van der Waals surface area contributed by atoms with E-state index in [0.29, 0.717) is 18.4 Å². The van der Waals surface area contributed by atoms with Gasteiger partial charge in [-0.25, -0.2) is 0 Å². The molecule has 1 aliphatic heterocycles. The molecule has 2 rings (SSSR count). The van der Waals surface area contributed by atoms with Gasteiger partial charge in [0, 0.05) is 39.7 Å². The summed E-state index contributed by atoms with van der Waals surface area (Å²) in [5.74, 6) is 1.08. The van der Waals surface area contributed by atoms with Gasteiger partial charge in [0.2, 0.25) is 5.91 Å². The summed E-state index contributed by atoms with van der Waals surface area (Å²) < 4.78 is 5.88. The summed E-state index contributed by atoms with van der Waals surface area (Å²) in [6.45, 7) is 3.55. The molecule has 1 aliphatic carbocycles. The fraction of sp³-hybridized carbons (Fsp3) is 0.882. The number of nitrogens with one attached hydrogen (secondary N) is 1. The third kappa shape index (κ3) is 6.37. The monoisotopic (exact) mass is 324 g/mol. The van der Waals surface area contributed by atoms with Gasteiger partial charge < -0.3 is 20.7 Å². The molecule has 132 valence electrons. The molecule has 1 unspecified atom stereocenters. The van der Waals surface area contributed by atoms with Crippen molar-refractivity contribution in [3.8, 4) is 0 Å². The molecule has 1 saturated carbocycles. The highest BCUT2D eigenvalue weighted by Crippen LogP contribution is 2.21. The minimum Gasteiger partial charge on any atom is -0.378 e. The summed E-state index contributed by atoms with van der Waals surface area (Å²) in [7, 11) is 1.81. The molecule has 0 aromatic heterocycles. The number of primary amides is 1. The van der Waals surface area contributed by atoms with Crippen LogP contribution in [-0.2, 0) is 9.53 Å². The molecule has 1 amide bonds. The largest absolute Gasteiger partial charge is 0.378 e. The zero-order valence-corrected chi connectivity index (χ0v) is 14.4. The molecule has 1 heterocycles. The van der Waals surface area contributed by atoms with Crippen molar-refractivity contribution in [2.75, 3.05) is 33.3 Å². The van der Waals surface area contributed by atoms with Gasteiger partial charge >= 0.3 is 0 Å². The third-order valence-corrected chi connectivity index (χ3v) is 4.78. The maximum atomic E-state index is 11.1. The van der Waals surface area contributed by atoms with Crippen molar-refractivity contribution in [1.82, 2.24) is 10.2 Å². The molecule has 23 heavy (non-hydrogen) atoms. The molecule has 1 saturated heterocycles. The zero-order valence-electron chi connectivity index (χ0n) is 14.4. The highest BCUT2D eigenvalue weighted by Gasteiger charge is 2.23. The topological polar surface area (TPSA) is 80.0 Å². The van der Waals surface area contributed by atoms with Crippen molar-refractivity contribution >= 4 is 11.9 Å². The molecule has 6 heteroatoms. The van der Waals surface area contributed by atoms with Crippen LogP contribution in [0.3, 0.4) is 0 Å². The van der Waals surface area contributed by atoms with E-state index in [1.807, 2.05) is 7.05 Å². The summed E-state index contributed by atoms with van der Waals surface area (Å²) in [5.41, 5.74) is 5.33. The van der Waals surface area contributed by atoms with Crippen molar-refractivity contribution in [2.45, 2.75) is 57.5 Å². The van der Waals surface area contributed by atoms with E-state index >= 15 is 0 Å². The maximum Gasteiger partial charge on any atom is 0.217 e. The summed E-state index contributed by atoms with van der Waals surface area (Å²) in [4.78, 5) is 17.7. The number of carbonyl (C=O) groups is 1.